The van der Waals surface area contributed by atoms with Crippen molar-refractivity contribution in [1.29, 1.82) is 0 Å². The molecule has 160 valence electrons. The quantitative estimate of drug-likeness (QED) is 0.422. The van der Waals surface area contributed by atoms with E-state index in [0.29, 0.717) is 17.0 Å². The fraction of sp³-hybridized carbons (Fsp3) is 0.0952. The molecule has 0 unspecified atom stereocenters. The van der Waals surface area contributed by atoms with Gasteiger partial charge in [-0.2, -0.15) is 0 Å². The maximum atomic E-state index is 12.8. The molecule has 3 aromatic rings. The van der Waals surface area contributed by atoms with E-state index in [9.17, 15) is 23.3 Å². The summed E-state index contributed by atoms with van der Waals surface area (Å²) in [6.45, 7) is 1.51. The Morgan fingerprint density at radius 1 is 1.03 bits per heavy atom. The van der Waals surface area contributed by atoms with Gasteiger partial charge in [0.25, 0.3) is 21.6 Å². The fourth-order valence-corrected chi connectivity index (χ4v) is 3.90. The first kappa shape index (κ1) is 21.8. The number of hydrogen-bond donors (Lipinski definition) is 2. The molecule has 0 atom stereocenters. The monoisotopic (exact) mass is 441 g/mol. The Morgan fingerprint density at radius 3 is 2.35 bits per heavy atom. The molecular weight excluding hydrogens is 422 g/mol. The number of nitrogens with zero attached hydrogens (tertiary/aromatic N) is 1. The van der Waals surface area contributed by atoms with Gasteiger partial charge in [0, 0.05) is 17.3 Å². The van der Waals surface area contributed by atoms with Crippen LogP contribution in [0, 0.1) is 17.0 Å². The molecule has 0 radical (unpaired) electrons. The number of carbonyl (C=O) groups is 1. The molecule has 31 heavy (non-hydrogen) atoms. The second-order valence-electron chi connectivity index (χ2n) is 6.54. The van der Waals surface area contributed by atoms with Gasteiger partial charge >= 0.3 is 0 Å². The van der Waals surface area contributed by atoms with Gasteiger partial charge in [-0.15, -0.1) is 0 Å². The van der Waals surface area contributed by atoms with Crippen LogP contribution >= 0.6 is 0 Å². The Kier molecular flexibility index (Phi) is 6.21. The number of methoxy groups -OCH3 is 1. The molecular formula is C21H19N3O6S. The van der Waals surface area contributed by atoms with Crippen LogP contribution in [0.3, 0.4) is 0 Å². The number of anilines is 2. The van der Waals surface area contributed by atoms with E-state index in [1.54, 1.807) is 36.4 Å². The van der Waals surface area contributed by atoms with E-state index >= 15 is 0 Å². The third kappa shape index (κ3) is 4.98. The lowest BCUT2D eigenvalue weighted by Gasteiger charge is -2.13. The number of nitrogens with one attached hydrogen (secondary N) is 2. The van der Waals surface area contributed by atoms with Crippen LogP contribution in [0.2, 0.25) is 0 Å². The van der Waals surface area contributed by atoms with Crippen LogP contribution in [0.25, 0.3) is 0 Å². The summed E-state index contributed by atoms with van der Waals surface area (Å²) in [6.07, 6.45) is 0. The molecule has 0 saturated carbocycles. The summed E-state index contributed by atoms with van der Waals surface area (Å²) in [5.41, 5.74) is 0.648. The molecule has 10 heteroatoms. The summed E-state index contributed by atoms with van der Waals surface area (Å²) < 4.78 is 33.0. The second-order valence-corrected chi connectivity index (χ2v) is 8.22. The van der Waals surface area contributed by atoms with E-state index in [4.69, 9.17) is 4.74 Å². The molecule has 0 saturated heterocycles. The zero-order valence-electron chi connectivity index (χ0n) is 16.7. The fourth-order valence-electron chi connectivity index (χ4n) is 2.80. The zero-order valence-corrected chi connectivity index (χ0v) is 17.5. The minimum absolute atomic E-state index is 0.0386. The van der Waals surface area contributed by atoms with Gasteiger partial charge in [0.2, 0.25) is 0 Å². The number of nitro groups is 1. The average molecular weight is 441 g/mol. The minimum Gasteiger partial charge on any atom is -0.497 e. The molecule has 2 N–H and O–H groups in total. The van der Waals surface area contributed by atoms with E-state index in [-0.39, 0.29) is 21.8 Å². The van der Waals surface area contributed by atoms with Gasteiger partial charge in [-0.1, -0.05) is 18.2 Å². The van der Waals surface area contributed by atoms with Gasteiger partial charge in [-0.3, -0.25) is 19.6 Å². The first-order chi connectivity index (χ1) is 14.7. The van der Waals surface area contributed by atoms with Gasteiger partial charge in [0.1, 0.15) is 5.75 Å². The predicted molar refractivity (Wildman–Crippen MR) is 116 cm³/mol. The Bertz CT molecular complexity index is 1240. The number of para-hydroxylation sites is 1. The lowest BCUT2D eigenvalue weighted by atomic mass is 10.1. The molecule has 3 rings (SSSR count). The number of hydrogen-bond acceptors (Lipinski definition) is 6. The van der Waals surface area contributed by atoms with E-state index in [0.717, 1.165) is 6.07 Å². The SMILES string of the molecule is COc1ccc(NC(=O)c2ccccc2NS(=O)(=O)c2ccc(C)c([N+](=O)[O-])c2)cc1. The first-order valence-electron chi connectivity index (χ1n) is 9.03. The van der Waals surface area contributed by atoms with Gasteiger partial charge in [0.05, 0.1) is 28.2 Å². The van der Waals surface area contributed by atoms with Crippen LogP contribution in [0.4, 0.5) is 17.1 Å². The van der Waals surface area contributed by atoms with Gasteiger partial charge in [0.15, 0.2) is 0 Å². The molecule has 0 spiro atoms. The van der Waals surface area contributed by atoms with Crippen molar-refractivity contribution in [2.24, 2.45) is 0 Å². The third-order valence-electron chi connectivity index (χ3n) is 4.45. The van der Waals surface area contributed by atoms with Crippen LogP contribution in [0.1, 0.15) is 15.9 Å². The van der Waals surface area contributed by atoms with Gasteiger partial charge < -0.3 is 10.1 Å². The summed E-state index contributed by atoms with van der Waals surface area (Å²) in [5.74, 6) is 0.0942. The first-order valence-corrected chi connectivity index (χ1v) is 10.5. The van der Waals surface area contributed by atoms with Crippen LogP contribution < -0.4 is 14.8 Å². The van der Waals surface area contributed by atoms with Crippen molar-refractivity contribution in [2.75, 3.05) is 17.1 Å². The molecule has 0 aliphatic rings. The minimum atomic E-state index is -4.17. The summed E-state index contributed by atoms with van der Waals surface area (Å²) >= 11 is 0. The van der Waals surface area contributed by atoms with E-state index < -0.39 is 20.9 Å². The van der Waals surface area contributed by atoms with Crippen LogP contribution in [-0.4, -0.2) is 26.4 Å². The Hall–Kier alpha value is -3.92. The molecule has 0 heterocycles. The molecule has 0 fully saturated rings. The van der Waals surface area contributed by atoms with Crippen LogP contribution in [0.5, 0.6) is 5.75 Å². The molecule has 0 aliphatic carbocycles. The highest BCUT2D eigenvalue weighted by Gasteiger charge is 2.22. The van der Waals surface area contributed by atoms with Crippen molar-refractivity contribution in [3.63, 3.8) is 0 Å². The lowest BCUT2D eigenvalue weighted by molar-refractivity contribution is -0.385. The Morgan fingerprint density at radius 2 is 1.71 bits per heavy atom. The summed E-state index contributed by atoms with van der Waals surface area (Å²) in [5, 5.41) is 13.8. The lowest BCUT2D eigenvalue weighted by Crippen LogP contribution is -2.18. The largest absolute Gasteiger partial charge is 0.497 e. The number of rotatable bonds is 7. The highest BCUT2D eigenvalue weighted by atomic mass is 32.2. The number of benzene rings is 3. The van der Waals surface area contributed by atoms with Crippen molar-refractivity contribution in [3.05, 3.63) is 88.0 Å². The second kappa shape index (κ2) is 8.84. The maximum absolute atomic E-state index is 12.8. The van der Waals surface area contributed by atoms with Gasteiger partial charge in [-0.25, -0.2) is 8.42 Å². The Balaban J connectivity index is 1.88. The molecule has 0 bridgehead atoms. The predicted octanol–water partition coefficient (Wildman–Crippen LogP) is 3.96. The van der Waals surface area contributed by atoms with Crippen molar-refractivity contribution < 1.29 is 22.9 Å². The van der Waals surface area contributed by atoms with Gasteiger partial charge in [-0.05, 0) is 49.4 Å². The van der Waals surface area contributed by atoms with Crippen molar-refractivity contribution in [2.45, 2.75) is 11.8 Å². The highest BCUT2D eigenvalue weighted by Crippen LogP contribution is 2.26. The zero-order chi connectivity index (χ0) is 22.6. The molecule has 0 aliphatic heterocycles. The summed E-state index contributed by atoms with van der Waals surface area (Å²) in [4.78, 5) is 22.9. The van der Waals surface area contributed by atoms with E-state index in [1.165, 1.54) is 38.3 Å². The molecule has 9 nitrogen and oxygen atoms in total. The topological polar surface area (TPSA) is 128 Å². The average Bonchev–Trinajstić information content (AvgIpc) is 2.74. The third-order valence-corrected chi connectivity index (χ3v) is 5.81. The normalized spacial score (nSPS) is 10.9. The van der Waals surface area contributed by atoms with E-state index in [1.807, 2.05) is 0 Å². The summed E-state index contributed by atoms with van der Waals surface area (Å²) in [7, 11) is -2.65. The maximum Gasteiger partial charge on any atom is 0.273 e. The number of nitro benzene ring substituents is 1. The van der Waals surface area contributed by atoms with Crippen LogP contribution in [-0.2, 0) is 10.0 Å². The van der Waals surface area contributed by atoms with Crippen molar-refractivity contribution in [1.82, 2.24) is 0 Å². The van der Waals surface area contributed by atoms with Crippen LogP contribution in [0.15, 0.2) is 71.6 Å². The highest BCUT2D eigenvalue weighted by molar-refractivity contribution is 7.92. The molecule has 1 amide bonds. The van der Waals surface area contributed by atoms with E-state index in [2.05, 4.69) is 10.0 Å². The summed E-state index contributed by atoms with van der Waals surface area (Å²) in [6, 6.07) is 16.3. The van der Waals surface area contributed by atoms with Crippen molar-refractivity contribution in [3.8, 4) is 5.75 Å². The number of amides is 1. The Labute approximate surface area is 178 Å². The number of carbonyl (C=O) groups excluding carboxylic acids is 1. The smallest absolute Gasteiger partial charge is 0.273 e. The number of sulfonamides is 1. The number of aryl methyl sites for hydroxylation is 1. The number of ether oxygens (including phenoxy) is 1. The van der Waals surface area contributed by atoms with Crippen molar-refractivity contribution >= 4 is 33.0 Å². The molecule has 0 aromatic heterocycles. The molecule has 3 aromatic carbocycles. The standard InChI is InChI=1S/C21H19N3O6S/c1-14-7-12-17(13-20(14)24(26)27)31(28,29)23-19-6-4-3-5-18(19)21(25)22-15-8-10-16(30-2)11-9-15/h3-13,23H,1-2H3,(H,22,25).